The lowest BCUT2D eigenvalue weighted by molar-refractivity contribution is -0.144. The Morgan fingerprint density at radius 2 is 1.89 bits per heavy atom. The van der Waals surface area contributed by atoms with Crippen molar-refractivity contribution in [1.29, 1.82) is 0 Å². The van der Waals surface area contributed by atoms with E-state index in [1.54, 1.807) is 7.11 Å². The number of hydrogen-bond acceptors (Lipinski definition) is 3. The van der Waals surface area contributed by atoms with E-state index in [2.05, 4.69) is 19.1 Å². The Balaban J connectivity index is 2.58. The van der Waals surface area contributed by atoms with Crippen LogP contribution in [0.3, 0.4) is 0 Å². The van der Waals surface area contributed by atoms with E-state index in [1.807, 2.05) is 19.1 Å². The van der Waals surface area contributed by atoms with Gasteiger partial charge in [0.1, 0.15) is 5.75 Å². The Kier molecular flexibility index (Phi) is 7.01. The highest BCUT2D eigenvalue weighted by Crippen LogP contribution is 2.20. The van der Waals surface area contributed by atoms with Crippen LogP contribution in [0.25, 0.3) is 0 Å². The zero-order chi connectivity index (χ0) is 14.1. The maximum absolute atomic E-state index is 11.6. The van der Waals surface area contributed by atoms with Gasteiger partial charge in [0, 0.05) is 6.42 Å². The van der Waals surface area contributed by atoms with Crippen molar-refractivity contribution >= 4 is 5.97 Å². The largest absolute Gasteiger partial charge is 0.497 e. The molecule has 0 heterocycles. The number of benzene rings is 1. The van der Waals surface area contributed by atoms with Crippen LogP contribution in [0.2, 0.25) is 0 Å². The minimum atomic E-state index is -0.0885. The first-order chi connectivity index (χ1) is 9.19. The van der Waals surface area contributed by atoms with Gasteiger partial charge in [0.2, 0.25) is 0 Å². The zero-order valence-corrected chi connectivity index (χ0v) is 12.1. The summed E-state index contributed by atoms with van der Waals surface area (Å²) in [7, 11) is 1.66. The molecule has 1 aromatic carbocycles. The first-order valence-corrected chi connectivity index (χ1v) is 6.98. The van der Waals surface area contributed by atoms with Gasteiger partial charge in [-0.3, -0.25) is 4.79 Å². The van der Waals surface area contributed by atoms with E-state index < -0.39 is 0 Å². The van der Waals surface area contributed by atoms with Gasteiger partial charge in [0.05, 0.1) is 13.7 Å². The summed E-state index contributed by atoms with van der Waals surface area (Å²) < 4.78 is 10.2. The van der Waals surface area contributed by atoms with E-state index in [0.717, 1.165) is 25.0 Å². The number of esters is 1. The predicted molar refractivity (Wildman–Crippen MR) is 76.3 cm³/mol. The van der Waals surface area contributed by atoms with Crippen LogP contribution in [0.5, 0.6) is 5.75 Å². The molecule has 0 radical (unpaired) electrons. The number of carbonyl (C=O) groups is 1. The van der Waals surface area contributed by atoms with Crippen LogP contribution in [0.1, 0.15) is 38.7 Å². The molecule has 0 aliphatic rings. The fraction of sp³-hybridized carbons (Fsp3) is 0.562. The standard InChI is InChI=1S/C16H24O3/c1-4-6-14(12-16(17)19-5-2)11-13-7-9-15(18-3)10-8-13/h7-10,14H,4-6,11-12H2,1-3H3. The van der Waals surface area contributed by atoms with E-state index in [1.165, 1.54) is 5.56 Å². The van der Waals surface area contributed by atoms with Gasteiger partial charge >= 0.3 is 5.97 Å². The van der Waals surface area contributed by atoms with Crippen LogP contribution < -0.4 is 4.74 Å². The molecule has 3 heteroatoms. The number of hydrogen-bond donors (Lipinski definition) is 0. The van der Waals surface area contributed by atoms with Gasteiger partial charge in [-0.1, -0.05) is 25.5 Å². The van der Waals surface area contributed by atoms with Gasteiger partial charge in [-0.2, -0.15) is 0 Å². The van der Waals surface area contributed by atoms with E-state index in [4.69, 9.17) is 9.47 Å². The number of methoxy groups -OCH3 is 1. The number of carbonyl (C=O) groups excluding carboxylic acids is 1. The van der Waals surface area contributed by atoms with Gasteiger partial charge in [-0.05, 0) is 43.4 Å². The number of ether oxygens (including phenoxy) is 2. The lowest BCUT2D eigenvalue weighted by atomic mass is 9.92. The molecule has 1 unspecified atom stereocenters. The minimum absolute atomic E-state index is 0.0885. The van der Waals surface area contributed by atoms with E-state index in [-0.39, 0.29) is 5.97 Å². The van der Waals surface area contributed by atoms with Crippen molar-refractivity contribution in [3.05, 3.63) is 29.8 Å². The van der Waals surface area contributed by atoms with Gasteiger partial charge in [-0.15, -0.1) is 0 Å². The van der Waals surface area contributed by atoms with Gasteiger partial charge in [0.25, 0.3) is 0 Å². The van der Waals surface area contributed by atoms with E-state index >= 15 is 0 Å². The molecule has 0 amide bonds. The Hall–Kier alpha value is -1.51. The molecule has 0 bridgehead atoms. The molecule has 1 aromatic rings. The van der Waals surface area contributed by atoms with Crippen LogP contribution in [0.15, 0.2) is 24.3 Å². The zero-order valence-electron chi connectivity index (χ0n) is 12.1. The minimum Gasteiger partial charge on any atom is -0.497 e. The summed E-state index contributed by atoms with van der Waals surface area (Å²) in [5.41, 5.74) is 1.24. The van der Waals surface area contributed by atoms with Gasteiger partial charge < -0.3 is 9.47 Å². The Labute approximate surface area is 115 Å². The lowest BCUT2D eigenvalue weighted by Gasteiger charge is -2.15. The van der Waals surface area contributed by atoms with Crippen molar-refractivity contribution in [2.75, 3.05) is 13.7 Å². The fourth-order valence-corrected chi connectivity index (χ4v) is 2.24. The Morgan fingerprint density at radius 3 is 2.42 bits per heavy atom. The molecule has 0 aliphatic heterocycles. The van der Waals surface area contributed by atoms with Crippen molar-refractivity contribution in [3.63, 3.8) is 0 Å². The van der Waals surface area contributed by atoms with Crippen LogP contribution in [0, 0.1) is 5.92 Å². The Morgan fingerprint density at radius 1 is 1.21 bits per heavy atom. The molecule has 0 saturated carbocycles. The topological polar surface area (TPSA) is 35.5 Å². The predicted octanol–water partition coefficient (Wildman–Crippen LogP) is 3.61. The Bertz CT molecular complexity index is 370. The fourth-order valence-electron chi connectivity index (χ4n) is 2.24. The maximum Gasteiger partial charge on any atom is 0.306 e. The summed E-state index contributed by atoms with van der Waals surface area (Å²) in [4.78, 5) is 11.6. The third-order valence-corrected chi connectivity index (χ3v) is 3.14. The average Bonchev–Trinajstić information content (AvgIpc) is 2.40. The molecule has 1 atom stereocenters. The van der Waals surface area contributed by atoms with Crippen LogP contribution in [0.4, 0.5) is 0 Å². The lowest BCUT2D eigenvalue weighted by Crippen LogP contribution is -2.13. The summed E-state index contributed by atoms with van der Waals surface area (Å²) in [6.07, 6.45) is 3.55. The van der Waals surface area contributed by atoms with Crippen molar-refractivity contribution in [2.45, 2.75) is 39.5 Å². The summed E-state index contributed by atoms with van der Waals surface area (Å²) in [6, 6.07) is 8.05. The SMILES string of the molecule is CCCC(CC(=O)OCC)Cc1ccc(OC)cc1. The number of rotatable bonds is 8. The smallest absolute Gasteiger partial charge is 0.306 e. The molecule has 0 fully saturated rings. The molecule has 0 spiro atoms. The molecule has 106 valence electrons. The highest BCUT2D eigenvalue weighted by atomic mass is 16.5. The second-order valence-corrected chi connectivity index (χ2v) is 4.72. The summed E-state index contributed by atoms with van der Waals surface area (Å²) in [5.74, 6) is 1.13. The first kappa shape index (κ1) is 15.5. The van der Waals surface area contributed by atoms with Crippen LogP contribution in [-0.4, -0.2) is 19.7 Å². The highest BCUT2D eigenvalue weighted by Gasteiger charge is 2.14. The summed E-state index contributed by atoms with van der Waals surface area (Å²) in [5, 5.41) is 0. The second kappa shape index (κ2) is 8.57. The van der Waals surface area contributed by atoms with Crippen molar-refractivity contribution in [3.8, 4) is 5.75 Å². The molecule has 0 saturated heterocycles. The summed E-state index contributed by atoms with van der Waals surface area (Å²) in [6.45, 7) is 4.45. The maximum atomic E-state index is 11.6. The highest BCUT2D eigenvalue weighted by molar-refractivity contribution is 5.69. The van der Waals surface area contributed by atoms with E-state index in [0.29, 0.717) is 18.9 Å². The van der Waals surface area contributed by atoms with Gasteiger partial charge in [-0.25, -0.2) is 0 Å². The second-order valence-electron chi connectivity index (χ2n) is 4.72. The average molecular weight is 264 g/mol. The third-order valence-electron chi connectivity index (χ3n) is 3.14. The van der Waals surface area contributed by atoms with Crippen molar-refractivity contribution in [1.82, 2.24) is 0 Å². The molecular formula is C16H24O3. The summed E-state index contributed by atoms with van der Waals surface area (Å²) >= 11 is 0. The normalized spacial score (nSPS) is 11.9. The molecule has 0 N–H and O–H groups in total. The van der Waals surface area contributed by atoms with Gasteiger partial charge in [0.15, 0.2) is 0 Å². The molecule has 0 aliphatic carbocycles. The molecule has 1 rings (SSSR count). The van der Waals surface area contributed by atoms with Crippen molar-refractivity contribution in [2.24, 2.45) is 5.92 Å². The quantitative estimate of drug-likeness (QED) is 0.673. The van der Waals surface area contributed by atoms with Crippen molar-refractivity contribution < 1.29 is 14.3 Å². The molecular weight excluding hydrogens is 240 g/mol. The molecule has 3 nitrogen and oxygen atoms in total. The monoisotopic (exact) mass is 264 g/mol. The van der Waals surface area contributed by atoms with E-state index in [9.17, 15) is 4.79 Å². The third kappa shape index (κ3) is 5.77. The first-order valence-electron chi connectivity index (χ1n) is 6.98. The van der Waals surface area contributed by atoms with Crippen LogP contribution >= 0.6 is 0 Å². The molecule has 19 heavy (non-hydrogen) atoms. The van der Waals surface area contributed by atoms with Crippen LogP contribution in [-0.2, 0) is 16.0 Å². The molecule has 0 aromatic heterocycles.